The highest BCUT2D eigenvalue weighted by Gasteiger charge is 2.38. The Hall–Kier alpha value is -1.18. The van der Waals surface area contributed by atoms with Crippen LogP contribution >= 0.6 is 0 Å². The predicted molar refractivity (Wildman–Crippen MR) is 112 cm³/mol. The SMILES string of the molecule is CCCCOC(CC(CCCCCCCC(=O)O)C(=O)O)(OCC)OCCCC. The molecule has 0 bridgehead atoms. The largest absolute Gasteiger partial charge is 0.481 e. The third kappa shape index (κ3) is 14.4. The van der Waals surface area contributed by atoms with Crippen LogP contribution in [0, 0.1) is 5.92 Å². The normalized spacial score (nSPS) is 12.8. The molecular weight excluding hydrogens is 376 g/mol. The standard InChI is InChI=1S/C22H42O7/c1-4-7-16-28-22(27-6-3,29-17-8-5-2)18-19(21(25)26)14-12-10-9-11-13-15-20(23)24/h19H,4-18H2,1-3H3,(H,23,24)(H,25,26). The Bertz CT molecular complexity index is 415. The second-order valence-electron chi connectivity index (χ2n) is 7.46. The number of hydrogen-bond acceptors (Lipinski definition) is 5. The Kier molecular flexibility index (Phi) is 16.9. The van der Waals surface area contributed by atoms with Gasteiger partial charge < -0.3 is 24.4 Å². The summed E-state index contributed by atoms with van der Waals surface area (Å²) in [7, 11) is 0. The second-order valence-corrected chi connectivity index (χ2v) is 7.46. The van der Waals surface area contributed by atoms with Gasteiger partial charge in [0, 0.05) is 19.4 Å². The number of carbonyl (C=O) groups is 2. The highest BCUT2D eigenvalue weighted by atomic mass is 16.9. The fraction of sp³-hybridized carbons (Fsp3) is 0.909. The molecule has 0 radical (unpaired) electrons. The summed E-state index contributed by atoms with van der Waals surface area (Å²) in [5, 5.41) is 18.4. The highest BCUT2D eigenvalue weighted by Crippen LogP contribution is 2.29. The molecule has 0 heterocycles. The van der Waals surface area contributed by atoms with Gasteiger partial charge >= 0.3 is 11.9 Å². The average Bonchev–Trinajstić information content (AvgIpc) is 2.66. The maximum absolute atomic E-state index is 11.9. The number of unbranched alkanes of at least 4 members (excludes halogenated alkanes) is 6. The van der Waals surface area contributed by atoms with Crippen molar-refractivity contribution in [2.45, 2.75) is 104 Å². The fourth-order valence-corrected chi connectivity index (χ4v) is 3.08. The van der Waals surface area contributed by atoms with Gasteiger partial charge in [-0.1, -0.05) is 52.4 Å². The Labute approximate surface area is 176 Å². The number of rotatable bonds is 21. The zero-order valence-corrected chi connectivity index (χ0v) is 18.6. The summed E-state index contributed by atoms with van der Waals surface area (Å²) in [4.78, 5) is 22.4. The molecule has 0 spiro atoms. The van der Waals surface area contributed by atoms with Crippen LogP contribution in [0.2, 0.25) is 0 Å². The molecule has 7 nitrogen and oxygen atoms in total. The van der Waals surface area contributed by atoms with Crippen molar-refractivity contribution in [3.8, 4) is 0 Å². The van der Waals surface area contributed by atoms with Crippen molar-refractivity contribution in [2.24, 2.45) is 5.92 Å². The van der Waals surface area contributed by atoms with E-state index in [1.807, 2.05) is 6.92 Å². The van der Waals surface area contributed by atoms with Crippen LogP contribution in [0.5, 0.6) is 0 Å². The summed E-state index contributed by atoms with van der Waals surface area (Å²) in [5.41, 5.74) is 0. The maximum Gasteiger partial charge on any atom is 0.306 e. The molecule has 0 aliphatic heterocycles. The molecule has 2 N–H and O–H groups in total. The van der Waals surface area contributed by atoms with Crippen molar-refractivity contribution < 1.29 is 34.0 Å². The van der Waals surface area contributed by atoms with Crippen LogP contribution in [0.25, 0.3) is 0 Å². The van der Waals surface area contributed by atoms with Crippen LogP contribution in [0.15, 0.2) is 0 Å². The van der Waals surface area contributed by atoms with E-state index in [9.17, 15) is 14.7 Å². The van der Waals surface area contributed by atoms with Crippen molar-refractivity contribution in [1.82, 2.24) is 0 Å². The van der Waals surface area contributed by atoms with Gasteiger partial charge in [-0.3, -0.25) is 9.59 Å². The van der Waals surface area contributed by atoms with E-state index in [1.165, 1.54) is 0 Å². The molecule has 7 heteroatoms. The van der Waals surface area contributed by atoms with Gasteiger partial charge in [0.25, 0.3) is 5.97 Å². The monoisotopic (exact) mass is 418 g/mol. The van der Waals surface area contributed by atoms with E-state index in [1.54, 1.807) is 0 Å². The molecule has 29 heavy (non-hydrogen) atoms. The van der Waals surface area contributed by atoms with E-state index in [2.05, 4.69) is 13.8 Å². The van der Waals surface area contributed by atoms with Gasteiger partial charge in [0.15, 0.2) is 0 Å². The Morgan fingerprint density at radius 2 is 1.34 bits per heavy atom. The molecular formula is C22H42O7. The van der Waals surface area contributed by atoms with Crippen LogP contribution in [0.3, 0.4) is 0 Å². The number of carboxylic acid groups (broad SMARTS) is 2. The van der Waals surface area contributed by atoms with Crippen LogP contribution in [-0.4, -0.2) is 47.9 Å². The molecule has 0 aliphatic carbocycles. The smallest absolute Gasteiger partial charge is 0.306 e. The number of hydrogen-bond donors (Lipinski definition) is 2. The highest BCUT2D eigenvalue weighted by molar-refractivity contribution is 5.70. The van der Waals surface area contributed by atoms with Crippen LogP contribution < -0.4 is 0 Å². The third-order valence-corrected chi connectivity index (χ3v) is 4.79. The molecule has 0 saturated heterocycles. The van der Waals surface area contributed by atoms with Crippen LogP contribution in [0.1, 0.15) is 97.8 Å². The molecule has 1 unspecified atom stereocenters. The van der Waals surface area contributed by atoms with E-state index in [-0.39, 0.29) is 12.8 Å². The molecule has 0 aromatic carbocycles. The predicted octanol–water partition coefficient (Wildman–Crippen LogP) is 5.22. The van der Waals surface area contributed by atoms with Crippen molar-refractivity contribution in [3.63, 3.8) is 0 Å². The Morgan fingerprint density at radius 3 is 1.83 bits per heavy atom. The summed E-state index contributed by atoms with van der Waals surface area (Å²) in [6, 6.07) is 0. The summed E-state index contributed by atoms with van der Waals surface area (Å²) < 4.78 is 17.7. The van der Waals surface area contributed by atoms with Gasteiger partial charge in [0.05, 0.1) is 19.1 Å². The first-order valence-corrected chi connectivity index (χ1v) is 11.3. The topological polar surface area (TPSA) is 102 Å². The Morgan fingerprint density at radius 1 is 0.793 bits per heavy atom. The third-order valence-electron chi connectivity index (χ3n) is 4.79. The van der Waals surface area contributed by atoms with Crippen molar-refractivity contribution >= 4 is 11.9 Å². The lowest BCUT2D eigenvalue weighted by molar-refractivity contribution is -0.386. The van der Waals surface area contributed by atoms with Crippen LogP contribution in [-0.2, 0) is 23.8 Å². The minimum absolute atomic E-state index is 0.169. The molecule has 172 valence electrons. The van der Waals surface area contributed by atoms with Gasteiger partial charge in [-0.25, -0.2) is 0 Å². The molecule has 0 fully saturated rings. The summed E-state index contributed by atoms with van der Waals surface area (Å²) >= 11 is 0. The lowest BCUT2D eigenvalue weighted by Crippen LogP contribution is -2.43. The first kappa shape index (κ1) is 27.8. The van der Waals surface area contributed by atoms with E-state index in [4.69, 9.17) is 19.3 Å². The van der Waals surface area contributed by atoms with Crippen molar-refractivity contribution in [1.29, 1.82) is 0 Å². The molecule has 0 saturated carbocycles. The second kappa shape index (κ2) is 17.7. The maximum atomic E-state index is 11.9. The lowest BCUT2D eigenvalue weighted by Gasteiger charge is -2.35. The minimum atomic E-state index is -1.30. The van der Waals surface area contributed by atoms with Gasteiger partial charge in [-0.15, -0.1) is 0 Å². The molecule has 0 rings (SSSR count). The van der Waals surface area contributed by atoms with E-state index in [0.717, 1.165) is 51.4 Å². The summed E-state index contributed by atoms with van der Waals surface area (Å²) in [6.07, 6.45) is 8.65. The molecule has 0 aliphatic rings. The number of aliphatic carboxylic acids is 2. The van der Waals surface area contributed by atoms with Crippen molar-refractivity contribution in [3.05, 3.63) is 0 Å². The fourth-order valence-electron chi connectivity index (χ4n) is 3.08. The molecule has 0 amide bonds. The molecule has 1 atom stereocenters. The summed E-state index contributed by atoms with van der Waals surface area (Å²) in [5.74, 6) is -3.54. The first-order valence-electron chi connectivity index (χ1n) is 11.3. The number of ether oxygens (including phenoxy) is 3. The number of carboxylic acids is 2. The van der Waals surface area contributed by atoms with E-state index < -0.39 is 23.8 Å². The van der Waals surface area contributed by atoms with Crippen LogP contribution in [0.4, 0.5) is 0 Å². The van der Waals surface area contributed by atoms with E-state index >= 15 is 0 Å². The van der Waals surface area contributed by atoms with Gasteiger partial charge in [0.1, 0.15) is 0 Å². The lowest BCUT2D eigenvalue weighted by atomic mass is 9.96. The van der Waals surface area contributed by atoms with Crippen molar-refractivity contribution in [2.75, 3.05) is 19.8 Å². The van der Waals surface area contributed by atoms with Gasteiger partial charge in [-0.05, 0) is 32.6 Å². The van der Waals surface area contributed by atoms with E-state index in [0.29, 0.717) is 32.7 Å². The first-order chi connectivity index (χ1) is 13.9. The molecule has 0 aromatic heterocycles. The quantitative estimate of drug-likeness (QED) is 0.195. The molecule has 0 aromatic rings. The summed E-state index contributed by atoms with van der Waals surface area (Å²) in [6.45, 7) is 7.32. The zero-order chi connectivity index (χ0) is 22.0. The van der Waals surface area contributed by atoms with Gasteiger partial charge in [-0.2, -0.15) is 0 Å². The average molecular weight is 419 g/mol. The van der Waals surface area contributed by atoms with Gasteiger partial charge in [0.2, 0.25) is 0 Å². The zero-order valence-electron chi connectivity index (χ0n) is 18.6. The Balaban J connectivity index is 4.75. The minimum Gasteiger partial charge on any atom is -0.481 e.